The molecule has 1 aliphatic rings. The molecule has 0 unspecified atom stereocenters. The molecule has 0 radical (unpaired) electrons. The zero-order chi connectivity index (χ0) is 17.8. The van der Waals surface area contributed by atoms with Crippen molar-refractivity contribution in [1.82, 2.24) is 24.6 Å². The van der Waals surface area contributed by atoms with Crippen molar-refractivity contribution in [2.24, 2.45) is 0 Å². The average Bonchev–Trinajstić information content (AvgIpc) is 3.41. The number of thiazole rings is 1. The quantitative estimate of drug-likeness (QED) is 0.670. The summed E-state index contributed by atoms with van der Waals surface area (Å²) in [6.45, 7) is 8.41. The van der Waals surface area contributed by atoms with Crippen LogP contribution in [0.4, 0.5) is 10.3 Å². The maximum atomic E-state index is 4.44. The highest BCUT2D eigenvalue weighted by Crippen LogP contribution is 2.26. The third-order valence-corrected chi connectivity index (χ3v) is 6.19. The number of hydrogen-bond donors (Lipinski definition) is 1. The molecule has 138 valence electrons. The van der Waals surface area contributed by atoms with E-state index in [0.717, 1.165) is 47.3 Å². The van der Waals surface area contributed by atoms with E-state index in [-0.39, 0.29) is 0 Å². The van der Waals surface area contributed by atoms with Crippen LogP contribution in [0.3, 0.4) is 0 Å². The normalized spacial score (nSPS) is 15.5. The molecule has 0 bridgehead atoms. The first-order valence-electron chi connectivity index (χ1n) is 8.94. The molecule has 3 aromatic rings. The van der Waals surface area contributed by atoms with Crippen molar-refractivity contribution in [1.29, 1.82) is 0 Å². The average molecular weight is 390 g/mol. The Morgan fingerprint density at radius 1 is 1.15 bits per heavy atom. The highest BCUT2D eigenvalue weighted by atomic mass is 32.1. The van der Waals surface area contributed by atoms with E-state index in [1.54, 1.807) is 22.7 Å². The van der Waals surface area contributed by atoms with Gasteiger partial charge in [-0.1, -0.05) is 18.3 Å². The lowest BCUT2D eigenvalue weighted by Gasteiger charge is -2.33. The van der Waals surface area contributed by atoms with E-state index in [4.69, 9.17) is 0 Å². The van der Waals surface area contributed by atoms with Crippen LogP contribution in [0.5, 0.6) is 0 Å². The van der Waals surface area contributed by atoms with Crippen molar-refractivity contribution in [2.45, 2.75) is 19.9 Å². The fourth-order valence-corrected chi connectivity index (χ4v) is 4.58. The fraction of sp³-hybridized carbons (Fsp3) is 0.471. The third kappa shape index (κ3) is 3.89. The van der Waals surface area contributed by atoms with E-state index in [1.165, 1.54) is 13.0 Å². The molecule has 0 aliphatic carbocycles. The van der Waals surface area contributed by atoms with Gasteiger partial charge in [-0.05, 0) is 25.1 Å². The topological polar surface area (TPSA) is 62.1 Å². The van der Waals surface area contributed by atoms with Gasteiger partial charge in [0.2, 0.25) is 10.3 Å². The van der Waals surface area contributed by atoms with Crippen molar-refractivity contribution in [3.63, 3.8) is 0 Å². The molecule has 0 atom stereocenters. The lowest BCUT2D eigenvalue weighted by Crippen LogP contribution is -2.46. The van der Waals surface area contributed by atoms with Gasteiger partial charge in [-0.25, -0.2) is 4.98 Å². The lowest BCUT2D eigenvalue weighted by atomic mass is 10.3. The summed E-state index contributed by atoms with van der Waals surface area (Å²) in [7, 11) is 0. The first kappa shape index (κ1) is 17.4. The zero-order valence-electron chi connectivity index (χ0n) is 14.8. The predicted octanol–water partition coefficient (Wildman–Crippen LogP) is 2.93. The van der Waals surface area contributed by atoms with Crippen LogP contribution in [0.1, 0.15) is 19.0 Å². The first-order valence-corrected chi connectivity index (χ1v) is 10.6. The van der Waals surface area contributed by atoms with Crippen LogP contribution in [0.15, 0.2) is 29.9 Å². The molecule has 0 spiro atoms. The number of nitrogens with one attached hydrogen (secondary N) is 1. The maximum Gasteiger partial charge on any atom is 0.218 e. The Hall–Kier alpha value is -1.97. The van der Waals surface area contributed by atoms with Crippen LogP contribution >= 0.6 is 22.7 Å². The Morgan fingerprint density at radius 3 is 2.77 bits per heavy atom. The van der Waals surface area contributed by atoms with E-state index in [2.05, 4.69) is 47.9 Å². The van der Waals surface area contributed by atoms with Gasteiger partial charge in [-0.3, -0.25) is 9.47 Å². The molecule has 7 nitrogen and oxygen atoms in total. The number of anilines is 2. The second-order valence-corrected chi connectivity index (χ2v) is 8.09. The van der Waals surface area contributed by atoms with Gasteiger partial charge in [0, 0.05) is 49.6 Å². The minimum atomic E-state index is 0.713. The molecular weight excluding hydrogens is 366 g/mol. The Labute approximate surface area is 161 Å². The number of aromatic nitrogens is 4. The second-order valence-electron chi connectivity index (χ2n) is 6.26. The SMILES string of the molecule is CCCN1CCN(c2nnc(-n3cccc3CNc3nccs3)s2)CC1. The summed E-state index contributed by atoms with van der Waals surface area (Å²) in [4.78, 5) is 9.14. The van der Waals surface area contributed by atoms with E-state index in [1.807, 2.05) is 23.8 Å². The Balaban J connectivity index is 1.41. The van der Waals surface area contributed by atoms with Gasteiger partial charge in [-0.2, -0.15) is 0 Å². The summed E-state index contributed by atoms with van der Waals surface area (Å²) in [5.41, 5.74) is 1.15. The Morgan fingerprint density at radius 2 is 2.00 bits per heavy atom. The van der Waals surface area contributed by atoms with Gasteiger partial charge in [0.25, 0.3) is 0 Å². The number of piperazine rings is 1. The lowest BCUT2D eigenvalue weighted by molar-refractivity contribution is 0.258. The predicted molar refractivity (Wildman–Crippen MR) is 108 cm³/mol. The van der Waals surface area contributed by atoms with Crippen LogP contribution in [-0.4, -0.2) is 57.4 Å². The van der Waals surface area contributed by atoms with Crippen molar-refractivity contribution >= 4 is 32.9 Å². The van der Waals surface area contributed by atoms with E-state index < -0.39 is 0 Å². The van der Waals surface area contributed by atoms with Gasteiger partial charge in [-0.15, -0.1) is 21.5 Å². The van der Waals surface area contributed by atoms with E-state index in [9.17, 15) is 0 Å². The van der Waals surface area contributed by atoms with Gasteiger partial charge in [0.05, 0.1) is 6.54 Å². The molecule has 26 heavy (non-hydrogen) atoms. The minimum absolute atomic E-state index is 0.713. The second kappa shape index (κ2) is 8.15. The summed E-state index contributed by atoms with van der Waals surface area (Å²) < 4.78 is 2.11. The van der Waals surface area contributed by atoms with Gasteiger partial charge < -0.3 is 10.2 Å². The molecule has 0 saturated carbocycles. The standard InChI is InChI=1S/C17H23N7S2/c1-2-6-22-8-10-23(11-9-22)16-20-21-17(26-16)24-7-3-4-14(24)13-19-15-18-5-12-25-15/h3-5,7,12H,2,6,8-11,13H2,1H3,(H,18,19). The fourth-order valence-electron chi connectivity index (χ4n) is 3.14. The van der Waals surface area contributed by atoms with Crippen molar-refractivity contribution in [3.8, 4) is 5.13 Å². The minimum Gasteiger partial charge on any atom is -0.356 e. The van der Waals surface area contributed by atoms with Gasteiger partial charge >= 0.3 is 0 Å². The molecule has 4 rings (SSSR count). The summed E-state index contributed by atoms with van der Waals surface area (Å²) >= 11 is 3.26. The molecule has 0 amide bonds. The van der Waals surface area contributed by atoms with Crippen molar-refractivity contribution in [2.75, 3.05) is 42.9 Å². The first-order chi connectivity index (χ1) is 12.8. The third-order valence-electron chi connectivity index (χ3n) is 4.48. The summed E-state index contributed by atoms with van der Waals surface area (Å²) in [5.74, 6) is 0. The molecular formula is C17H23N7S2. The number of rotatable bonds is 7. The van der Waals surface area contributed by atoms with Crippen LogP contribution in [-0.2, 0) is 6.54 Å². The number of nitrogens with zero attached hydrogens (tertiary/aromatic N) is 6. The molecule has 1 saturated heterocycles. The highest BCUT2D eigenvalue weighted by molar-refractivity contribution is 7.17. The molecule has 4 heterocycles. The Bertz CT molecular complexity index is 803. The zero-order valence-corrected chi connectivity index (χ0v) is 16.5. The van der Waals surface area contributed by atoms with Crippen LogP contribution < -0.4 is 10.2 Å². The molecule has 1 fully saturated rings. The molecule has 1 N–H and O–H groups in total. The Kier molecular flexibility index (Phi) is 5.47. The highest BCUT2D eigenvalue weighted by Gasteiger charge is 2.20. The summed E-state index contributed by atoms with van der Waals surface area (Å²) in [6, 6.07) is 4.15. The number of hydrogen-bond acceptors (Lipinski definition) is 8. The maximum absolute atomic E-state index is 4.44. The van der Waals surface area contributed by atoms with Crippen LogP contribution in [0.2, 0.25) is 0 Å². The van der Waals surface area contributed by atoms with Gasteiger partial charge in [0.1, 0.15) is 0 Å². The van der Waals surface area contributed by atoms with E-state index in [0.29, 0.717) is 6.54 Å². The van der Waals surface area contributed by atoms with E-state index >= 15 is 0 Å². The monoisotopic (exact) mass is 389 g/mol. The molecule has 1 aliphatic heterocycles. The van der Waals surface area contributed by atoms with Crippen LogP contribution in [0.25, 0.3) is 5.13 Å². The largest absolute Gasteiger partial charge is 0.356 e. The van der Waals surface area contributed by atoms with Crippen molar-refractivity contribution < 1.29 is 0 Å². The summed E-state index contributed by atoms with van der Waals surface area (Å²) in [5, 5.41) is 17.1. The van der Waals surface area contributed by atoms with Crippen molar-refractivity contribution in [3.05, 3.63) is 35.6 Å². The van der Waals surface area contributed by atoms with Gasteiger partial charge in [0.15, 0.2) is 5.13 Å². The molecule has 9 heteroatoms. The molecule has 0 aromatic carbocycles. The summed E-state index contributed by atoms with van der Waals surface area (Å²) in [6.07, 6.45) is 5.07. The smallest absolute Gasteiger partial charge is 0.218 e. The van der Waals surface area contributed by atoms with Crippen LogP contribution in [0, 0.1) is 0 Å². The molecule has 3 aromatic heterocycles.